The maximum absolute atomic E-state index is 11.4. The number of anilines is 1. The third-order valence-corrected chi connectivity index (χ3v) is 3.59. The molecular weight excluding hydrogens is 222 g/mol. The van der Waals surface area contributed by atoms with E-state index in [4.69, 9.17) is 4.74 Å². The summed E-state index contributed by atoms with van der Waals surface area (Å²) in [6.45, 7) is 5.07. The van der Waals surface area contributed by atoms with Gasteiger partial charge in [0.2, 0.25) is 0 Å². The van der Waals surface area contributed by atoms with Crippen molar-refractivity contribution in [2.45, 2.75) is 20.3 Å². The van der Waals surface area contributed by atoms with Crippen LogP contribution in [0.4, 0.5) is 5.69 Å². The van der Waals surface area contributed by atoms with Crippen molar-refractivity contribution in [3.8, 4) is 5.06 Å². The van der Waals surface area contributed by atoms with Crippen molar-refractivity contribution in [3.63, 3.8) is 0 Å². The fourth-order valence-corrected chi connectivity index (χ4v) is 3.09. The van der Waals surface area contributed by atoms with Gasteiger partial charge in [0.15, 0.2) is 10.8 Å². The van der Waals surface area contributed by atoms with Crippen LogP contribution in [0.5, 0.6) is 5.06 Å². The Morgan fingerprint density at radius 2 is 2.31 bits per heavy atom. The second-order valence-corrected chi connectivity index (χ2v) is 5.77. The molecule has 0 amide bonds. The van der Waals surface area contributed by atoms with E-state index in [2.05, 4.69) is 19.9 Å². The van der Waals surface area contributed by atoms with Gasteiger partial charge in [-0.05, 0) is 18.4 Å². The SMILES string of the molecule is CC(C)Cc1cc2c(s1)OCC(=O)CN2C. The zero-order chi connectivity index (χ0) is 11.7. The summed E-state index contributed by atoms with van der Waals surface area (Å²) in [6.07, 6.45) is 1.07. The van der Waals surface area contributed by atoms with E-state index < -0.39 is 0 Å². The van der Waals surface area contributed by atoms with E-state index in [9.17, 15) is 4.79 Å². The number of carbonyl (C=O) groups is 1. The molecule has 0 saturated carbocycles. The average molecular weight is 239 g/mol. The molecule has 0 aliphatic carbocycles. The van der Waals surface area contributed by atoms with E-state index in [1.807, 2.05) is 11.9 Å². The molecule has 2 rings (SSSR count). The lowest BCUT2D eigenvalue weighted by Gasteiger charge is -2.13. The first-order chi connectivity index (χ1) is 7.56. The zero-order valence-corrected chi connectivity index (χ0v) is 10.8. The van der Waals surface area contributed by atoms with Gasteiger partial charge in [-0.3, -0.25) is 4.79 Å². The van der Waals surface area contributed by atoms with Crippen molar-refractivity contribution >= 4 is 22.8 Å². The van der Waals surface area contributed by atoms with Crippen molar-refractivity contribution < 1.29 is 9.53 Å². The van der Waals surface area contributed by atoms with Crippen molar-refractivity contribution in [2.75, 3.05) is 25.1 Å². The van der Waals surface area contributed by atoms with E-state index >= 15 is 0 Å². The molecule has 4 heteroatoms. The van der Waals surface area contributed by atoms with Crippen LogP contribution in [0.2, 0.25) is 0 Å². The van der Waals surface area contributed by atoms with Crippen molar-refractivity contribution in [1.29, 1.82) is 0 Å². The minimum Gasteiger partial charge on any atom is -0.474 e. The van der Waals surface area contributed by atoms with Crippen molar-refractivity contribution in [3.05, 3.63) is 10.9 Å². The fraction of sp³-hybridized carbons (Fsp3) is 0.583. The van der Waals surface area contributed by atoms with Gasteiger partial charge in [0.05, 0.1) is 12.2 Å². The van der Waals surface area contributed by atoms with Crippen LogP contribution >= 0.6 is 11.3 Å². The number of ether oxygens (including phenoxy) is 1. The highest BCUT2D eigenvalue weighted by molar-refractivity contribution is 7.14. The predicted octanol–water partition coefficient (Wildman–Crippen LogP) is 2.34. The van der Waals surface area contributed by atoms with E-state index in [0.29, 0.717) is 12.5 Å². The van der Waals surface area contributed by atoms with Crippen LogP contribution in [-0.2, 0) is 11.2 Å². The smallest absolute Gasteiger partial charge is 0.198 e. The summed E-state index contributed by atoms with van der Waals surface area (Å²) in [6, 6.07) is 2.15. The summed E-state index contributed by atoms with van der Waals surface area (Å²) in [4.78, 5) is 14.7. The largest absolute Gasteiger partial charge is 0.474 e. The zero-order valence-electron chi connectivity index (χ0n) is 9.95. The summed E-state index contributed by atoms with van der Waals surface area (Å²) in [5.74, 6) is 0.783. The number of thiophene rings is 1. The maximum atomic E-state index is 11.4. The normalized spacial score (nSPS) is 16.0. The number of fused-ring (bicyclic) bond motifs is 1. The van der Waals surface area contributed by atoms with E-state index in [-0.39, 0.29) is 12.4 Å². The number of ketones is 1. The molecule has 3 nitrogen and oxygen atoms in total. The molecule has 0 saturated heterocycles. The first-order valence-corrected chi connectivity index (χ1v) is 6.36. The molecule has 2 heterocycles. The van der Waals surface area contributed by atoms with Crippen LogP contribution in [0.15, 0.2) is 6.07 Å². The van der Waals surface area contributed by atoms with Crippen LogP contribution in [0, 0.1) is 5.92 Å². The Hall–Kier alpha value is -1.03. The Bertz CT molecular complexity index is 398. The second-order valence-electron chi connectivity index (χ2n) is 4.67. The number of hydrogen-bond donors (Lipinski definition) is 0. The van der Waals surface area contributed by atoms with Gasteiger partial charge >= 0.3 is 0 Å². The van der Waals surface area contributed by atoms with Gasteiger partial charge in [0, 0.05) is 11.9 Å². The van der Waals surface area contributed by atoms with Gasteiger partial charge in [0.25, 0.3) is 0 Å². The summed E-state index contributed by atoms with van der Waals surface area (Å²) in [7, 11) is 1.94. The van der Waals surface area contributed by atoms with Gasteiger partial charge in [-0.15, -0.1) is 11.3 Å². The third-order valence-electron chi connectivity index (χ3n) is 2.53. The Balaban J connectivity index is 2.24. The third kappa shape index (κ3) is 2.38. The molecule has 0 spiro atoms. The molecule has 1 aromatic heterocycles. The standard InChI is InChI=1S/C12H17NO2S/c1-8(2)4-10-5-11-12(16-10)15-7-9(14)6-13(11)3/h5,8H,4,6-7H2,1-3H3. The fourth-order valence-electron chi connectivity index (χ4n) is 1.83. The van der Waals surface area contributed by atoms with E-state index in [1.165, 1.54) is 4.88 Å². The highest BCUT2D eigenvalue weighted by Gasteiger charge is 2.21. The first kappa shape index (κ1) is 11.5. The highest BCUT2D eigenvalue weighted by atomic mass is 32.1. The highest BCUT2D eigenvalue weighted by Crippen LogP contribution is 2.39. The van der Waals surface area contributed by atoms with Gasteiger partial charge in [-0.2, -0.15) is 0 Å². The molecule has 0 fully saturated rings. The molecule has 0 unspecified atom stereocenters. The van der Waals surface area contributed by atoms with Crippen LogP contribution in [0.3, 0.4) is 0 Å². The number of hydrogen-bond acceptors (Lipinski definition) is 4. The van der Waals surface area contributed by atoms with Gasteiger partial charge in [-0.25, -0.2) is 0 Å². The number of rotatable bonds is 2. The second kappa shape index (κ2) is 4.45. The Morgan fingerprint density at radius 1 is 1.56 bits per heavy atom. The van der Waals surface area contributed by atoms with Crippen LogP contribution in [0.25, 0.3) is 0 Å². The summed E-state index contributed by atoms with van der Waals surface area (Å²) >= 11 is 1.67. The number of carbonyl (C=O) groups excluding carboxylic acids is 1. The number of likely N-dealkylation sites (N-methyl/N-ethyl adjacent to an activating group) is 1. The maximum Gasteiger partial charge on any atom is 0.198 e. The molecule has 0 atom stereocenters. The summed E-state index contributed by atoms with van der Waals surface area (Å²) < 4.78 is 5.52. The lowest BCUT2D eigenvalue weighted by atomic mass is 10.1. The first-order valence-electron chi connectivity index (χ1n) is 5.54. The Labute approximate surface area is 100 Å². The Morgan fingerprint density at radius 3 is 3.00 bits per heavy atom. The molecule has 0 bridgehead atoms. The lowest BCUT2D eigenvalue weighted by molar-refractivity contribution is -0.119. The Kier molecular flexibility index (Phi) is 3.19. The minimum atomic E-state index is 0.135. The van der Waals surface area contributed by atoms with Gasteiger partial charge < -0.3 is 9.64 Å². The molecule has 0 aromatic carbocycles. The van der Waals surface area contributed by atoms with Crippen LogP contribution < -0.4 is 9.64 Å². The monoisotopic (exact) mass is 239 g/mol. The van der Waals surface area contributed by atoms with E-state index in [1.54, 1.807) is 11.3 Å². The van der Waals surface area contributed by atoms with Crippen LogP contribution in [0.1, 0.15) is 18.7 Å². The van der Waals surface area contributed by atoms with Crippen molar-refractivity contribution in [2.24, 2.45) is 5.92 Å². The topological polar surface area (TPSA) is 29.5 Å². The molecule has 1 aromatic rings. The van der Waals surface area contributed by atoms with Crippen molar-refractivity contribution in [1.82, 2.24) is 0 Å². The molecule has 88 valence electrons. The summed E-state index contributed by atoms with van der Waals surface area (Å²) in [5, 5.41) is 0.893. The molecule has 16 heavy (non-hydrogen) atoms. The lowest BCUT2D eigenvalue weighted by Crippen LogP contribution is -2.25. The molecular formula is C12H17NO2S. The number of nitrogens with zero attached hydrogens (tertiary/aromatic N) is 1. The quantitative estimate of drug-likeness (QED) is 0.793. The predicted molar refractivity (Wildman–Crippen MR) is 66.6 cm³/mol. The summed E-state index contributed by atoms with van der Waals surface area (Å²) in [5.41, 5.74) is 1.06. The molecule has 1 aliphatic heterocycles. The molecule has 0 radical (unpaired) electrons. The van der Waals surface area contributed by atoms with Gasteiger partial charge in [0.1, 0.15) is 6.61 Å². The molecule has 0 N–H and O–H groups in total. The van der Waals surface area contributed by atoms with Gasteiger partial charge in [-0.1, -0.05) is 13.8 Å². The van der Waals surface area contributed by atoms with E-state index in [0.717, 1.165) is 17.2 Å². The number of Topliss-reactive ketones (excluding diaryl/α,β-unsaturated/α-hetero) is 1. The molecule has 1 aliphatic rings. The van der Waals surface area contributed by atoms with Crippen LogP contribution in [-0.4, -0.2) is 26.0 Å². The minimum absolute atomic E-state index is 0.135. The average Bonchev–Trinajstić information content (AvgIpc) is 2.51.